The Balaban J connectivity index is 1.57. The van der Waals surface area contributed by atoms with Crippen LogP contribution < -0.4 is 0 Å². The lowest BCUT2D eigenvalue weighted by molar-refractivity contribution is -0.151. The zero-order valence-electron chi connectivity index (χ0n) is 26.7. The van der Waals surface area contributed by atoms with Crippen LogP contribution in [0, 0.1) is 11.8 Å². The van der Waals surface area contributed by atoms with Crippen LogP contribution in [0.4, 0.5) is 4.79 Å². The Morgan fingerprint density at radius 3 is 2.45 bits per heavy atom. The lowest BCUT2D eigenvalue weighted by Crippen LogP contribution is -2.48. The number of aliphatic hydroxyl groups is 1. The quantitative estimate of drug-likeness (QED) is 0.378. The van der Waals surface area contributed by atoms with Crippen LogP contribution in [0.2, 0.25) is 0 Å². The van der Waals surface area contributed by atoms with Crippen LogP contribution in [0.5, 0.6) is 0 Å². The molecule has 0 saturated carbocycles. The van der Waals surface area contributed by atoms with Crippen molar-refractivity contribution < 1.29 is 32.6 Å². The number of sulfonamides is 1. The van der Waals surface area contributed by atoms with Gasteiger partial charge in [0.15, 0.2) is 0 Å². The molecule has 3 aliphatic rings. The van der Waals surface area contributed by atoms with Gasteiger partial charge in [0, 0.05) is 44.7 Å². The SMILES string of the molecule is C/C(=C\c1cccc(S(=O)(=O)N2CCC[C@@H]2C)c1)[C@H]1OC(=O)C[C@@H](O)CC[C@@H](C)[C@H](OC(=O)N2CCN(C)CC2)/C=C/[C@@H]1C. The molecule has 2 saturated heterocycles. The normalized spacial score (nSPS) is 31.1. The van der Waals surface area contributed by atoms with Crippen molar-refractivity contribution in [1.82, 2.24) is 14.1 Å². The zero-order valence-corrected chi connectivity index (χ0v) is 27.5. The molecule has 10 nitrogen and oxygen atoms in total. The van der Waals surface area contributed by atoms with E-state index in [2.05, 4.69) is 4.90 Å². The van der Waals surface area contributed by atoms with Crippen molar-refractivity contribution >= 4 is 28.2 Å². The number of carbonyl (C=O) groups is 2. The molecule has 1 aromatic rings. The van der Waals surface area contributed by atoms with Gasteiger partial charge < -0.3 is 24.4 Å². The number of likely N-dealkylation sites (N-methyl/N-ethyl adjacent to an activating group) is 1. The fourth-order valence-corrected chi connectivity index (χ4v) is 7.89. The largest absolute Gasteiger partial charge is 0.457 e. The summed E-state index contributed by atoms with van der Waals surface area (Å²) in [5, 5.41) is 10.6. The molecule has 11 heteroatoms. The second kappa shape index (κ2) is 15.0. The molecule has 0 bridgehead atoms. The number of amides is 1. The first-order chi connectivity index (χ1) is 20.8. The average Bonchev–Trinajstić information content (AvgIpc) is 3.43. The van der Waals surface area contributed by atoms with Gasteiger partial charge in [-0.1, -0.05) is 38.1 Å². The number of ether oxygens (including phenoxy) is 2. The Morgan fingerprint density at radius 1 is 1.05 bits per heavy atom. The number of benzene rings is 1. The number of carbonyl (C=O) groups excluding carboxylic acids is 2. The van der Waals surface area contributed by atoms with E-state index in [9.17, 15) is 23.1 Å². The summed E-state index contributed by atoms with van der Waals surface area (Å²) in [5.74, 6) is -0.861. The molecule has 3 heterocycles. The molecule has 3 aliphatic heterocycles. The molecule has 244 valence electrons. The van der Waals surface area contributed by atoms with Gasteiger partial charge in [0.05, 0.1) is 17.4 Å². The fourth-order valence-electron chi connectivity index (χ4n) is 6.14. The van der Waals surface area contributed by atoms with Gasteiger partial charge in [0.1, 0.15) is 12.2 Å². The van der Waals surface area contributed by atoms with E-state index in [1.807, 2.05) is 59.0 Å². The van der Waals surface area contributed by atoms with Crippen LogP contribution in [0.25, 0.3) is 6.08 Å². The molecule has 0 spiro atoms. The first-order valence-corrected chi connectivity index (χ1v) is 17.3. The summed E-state index contributed by atoms with van der Waals surface area (Å²) in [6.07, 6.45) is 5.72. The van der Waals surface area contributed by atoms with E-state index in [1.165, 1.54) is 0 Å². The van der Waals surface area contributed by atoms with Gasteiger partial charge in [-0.25, -0.2) is 13.2 Å². The summed E-state index contributed by atoms with van der Waals surface area (Å²) >= 11 is 0. The van der Waals surface area contributed by atoms with E-state index in [0.717, 1.165) is 31.5 Å². The third-order valence-corrected chi connectivity index (χ3v) is 11.1. The van der Waals surface area contributed by atoms with E-state index in [4.69, 9.17) is 9.47 Å². The van der Waals surface area contributed by atoms with Crippen LogP contribution in [0.15, 0.2) is 46.9 Å². The van der Waals surface area contributed by atoms with Gasteiger partial charge in [-0.2, -0.15) is 4.31 Å². The molecule has 2 fully saturated rings. The summed E-state index contributed by atoms with van der Waals surface area (Å²) < 4.78 is 40.1. The Kier molecular flexibility index (Phi) is 11.7. The molecule has 44 heavy (non-hydrogen) atoms. The average molecular weight is 632 g/mol. The number of piperazine rings is 1. The van der Waals surface area contributed by atoms with E-state index in [-0.39, 0.29) is 35.3 Å². The number of hydrogen-bond donors (Lipinski definition) is 1. The molecule has 4 rings (SSSR count). The second-order valence-electron chi connectivity index (χ2n) is 12.8. The molecule has 1 amide bonds. The lowest BCUT2D eigenvalue weighted by Gasteiger charge is -2.33. The van der Waals surface area contributed by atoms with Crippen molar-refractivity contribution in [1.29, 1.82) is 0 Å². The number of esters is 1. The first kappa shape index (κ1) is 34.1. The smallest absolute Gasteiger partial charge is 0.410 e. The van der Waals surface area contributed by atoms with E-state index >= 15 is 0 Å². The molecular formula is C33H49N3O7S. The Hall–Kier alpha value is -2.73. The van der Waals surface area contributed by atoms with Crippen molar-refractivity contribution in [3.05, 3.63) is 47.6 Å². The first-order valence-electron chi connectivity index (χ1n) is 15.8. The predicted molar refractivity (Wildman–Crippen MR) is 169 cm³/mol. The monoisotopic (exact) mass is 631 g/mol. The maximum Gasteiger partial charge on any atom is 0.410 e. The van der Waals surface area contributed by atoms with Crippen molar-refractivity contribution in [3.63, 3.8) is 0 Å². The van der Waals surface area contributed by atoms with Gasteiger partial charge in [0.2, 0.25) is 10.0 Å². The van der Waals surface area contributed by atoms with Gasteiger partial charge in [-0.05, 0) is 81.8 Å². The predicted octanol–water partition coefficient (Wildman–Crippen LogP) is 4.30. The molecule has 1 aromatic carbocycles. The van der Waals surface area contributed by atoms with Crippen molar-refractivity contribution in [3.8, 4) is 0 Å². The van der Waals surface area contributed by atoms with Gasteiger partial charge in [-0.3, -0.25) is 4.79 Å². The Morgan fingerprint density at radius 2 is 1.77 bits per heavy atom. The minimum absolute atomic E-state index is 0.0352. The van der Waals surface area contributed by atoms with Gasteiger partial charge >= 0.3 is 12.1 Å². The number of rotatable bonds is 5. The van der Waals surface area contributed by atoms with Crippen LogP contribution in [-0.2, 0) is 24.3 Å². The molecular weight excluding hydrogens is 582 g/mol. The van der Waals surface area contributed by atoms with E-state index in [1.54, 1.807) is 27.4 Å². The minimum Gasteiger partial charge on any atom is -0.457 e. The number of hydrogen-bond acceptors (Lipinski definition) is 8. The third-order valence-electron chi connectivity index (χ3n) is 9.06. The Labute approximate surface area is 262 Å². The summed E-state index contributed by atoms with van der Waals surface area (Å²) in [6, 6.07) is 6.78. The summed E-state index contributed by atoms with van der Waals surface area (Å²) in [4.78, 5) is 30.0. The number of aliphatic hydroxyl groups excluding tert-OH is 1. The molecule has 0 aliphatic carbocycles. The molecule has 6 atom stereocenters. The standard InChI is InChI=1S/C33H49N3O7S/c1-23-11-13-28(37)22-31(38)43-32(24(2)12-14-30(23)42-33(39)35-18-16-34(5)17-19-35)25(3)20-27-9-6-10-29(21-27)44(40,41)36-15-7-8-26(36)4/h6,9-10,12,14,20-21,23-24,26,28,30,32,37H,7-8,11,13,15-19,22H2,1-5H3/b14-12+,25-20+/t23-,24+,26+,28+,30-,32+/m1/s1. The topological polar surface area (TPSA) is 117 Å². The number of cyclic esters (lactones) is 1. The van der Waals surface area contributed by atoms with E-state index in [0.29, 0.717) is 38.0 Å². The highest BCUT2D eigenvalue weighted by Crippen LogP contribution is 2.29. The molecule has 0 radical (unpaired) electrons. The van der Waals surface area contributed by atoms with Crippen molar-refractivity contribution in [2.24, 2.45) is 11.8 Å². The fraction of sp³-hybridized carbons (Fsp3) is 0.636. The van der Waals surface area contributed by atoms with Crippen molar-refractivity contribution in [2.45, 2.75) is 89.0 Å². The highest BCUT2D eigenvalue weighted by atomic mass is 32.2. The summed E-state index contributed by atoms with van der Waals surface area (Å²) in [7, 11) is -1.60. The van der Waals surface area contributed by atoms with Crippen LogP contribution in [0.3, 0.4) is 0 Å². The van der Waals surface area contributed by atoms with Crippen molar-refractivity contribution in [2.75, 3.05) is 39.8 Å². The third kappa shape index (κ3) is 8.71. The minimum atomic E-state index is -3.62. The highest BCUT2D eigenvalue weighted by molar-refractivity contribution is 7.89. The molecule has 0 unspecified atom stereocenters. The number of nitrogens with zero attached hydrogens (tertiary/aromatic N) is 3. The zero-order chi connectivity index (χ0) is 32.0. The van der Waals surface area contributed by atoms with Crippen LogP contribution >= 0.6 is 0 Å². The highest BCUT2D eigenvalue weighted by Gasteiger charge is 2.33. The van der Waals surface area contributed by atoms with E-state index < -0.39 is 34.3 Å². The van der Waals surface area contributed by atoms with Crippen LogP contribution in [-0.4, -0.2) is 104 Å². The lowest BCUT2D eigenvalue weighted by atomic mass is 9.91. The maximum atomic E-state index is 13.3. The second-order valence-corrected chi connectivity index (χ2v) is 14.7. The van der Waals surface area contributed by atoms with Gasteiger partial charge in [0.25, 0.3) is 0 Å². The molecule has 1 N–H and O–H groups in total. The molecule has 0 aromatic heterocycles. The summed E-state index contributed by atoms with van der Waals surface area (Å²) in [6.45, 7) is 11.0. The van der Waals surface area contributed by atoms with Gasteiger partial charge in [-0.15, -0.1) is 0 Å². The Bertz CT molecular complexity index is 1320. The van der Waals surface area contributed by atoms with Crippen LogP contribution in [0.1, 0.15) is 65.4 Å². The maximum absolute atomic E-state index is 13.3. The summed E-state index contributed by atoms with van der Waals surface area (Å²) in [5.41, 5.74) is 1.41.